The van der Waals surface area contributed by atoms with Crippen LogP contribution in [0.2, 0.25) is 0 Å². The van der Waals surface area contributed by atoms with E-state index in [9.17, 15) is 0 Å². The summed E-state index contributed by atoms with van der Waals surface area (Å²) in [7, 11) is 1.91. The third-order valence-corrected chi connectivity index (χ3v) is 2.86. The molecule has 0 radical (unpaired) electrons. The van der Waals surface area contributed by atoms with Crippen molar-refractivity contribution < 1.29 is 0 Å². The number of nitrogens with one attached hydrogen (secondary N) is 1. The maximum absolute atomic E-state index is 4.44. The Labute approximate surface area is 91.3 Å². The second-order valence-corrected chi connectivity index (χ2v) is 3.84. The molecule has 0 fully saturated rings. The molecule has 0 aliphatic heterocycles. The van der Waals surface area contributed by atoms with Crippen LogP contribution in [-0.2, 0) is 6.42 Å². The zero-order valence-corrected chi connectivity index (χ0v) is 9.80. The summed E-state index contributed by atoms with van der Waals surface area (Å²) >= 11 is 3.46. The molecule has 1 N–H and O–H groups in total. The average Bonchev–Trinajstić information content (AvgIpc) is 2.55. The Morgan fingerprint density at radius 1 is 1.57 bits per heavy atom. The maximum Gasteiger partial charge on any atom is 0.132 e. The van der Waals surface area contributed by atoms with Crippen molar-refractivity contribution >= 4 is 27.1 Å². The first-order valence-corrected chi connectivity index (χ1v) is 5.39. The topological polar surface area (TPSA) is 29.3 Å². The fraction of sp³-hybridized carbons (Fsp3) is 0.300. The third-order valence-electron chi connectivity index (χ3n) is 2.28. The first-order chi connectivity index (χ1) is 6.76. The molecule has 0 atom stereocenters. The number of hydrogen-bond acceptors (Lipinski definition) is 2. The number of halogens is 1. The van der Waals surface area contributed by atoms with Crippen LogP contribution in [-0.4, -0.2) is 16.4 Å². The van der Waals surface area contributed by atoms with Gasteiger partial charge in [-0.25, -0.2) is 4.98 Å². The van der Waals surface area contributed by atoms with E-state index >= 15 is 0 Å². The lowest BCUT2D eigenvalue weighted by Gasteiger charge is -2.02. The summed E-state index contributed by atoms with van der Waals surface area (Å²) in [4.78, 5) is 4.44. The maximum atomic E-state index is 4.44. The number of aryl methyl sites for hydroxylation is 1. The molecule has 2 aromatic heterocycles. The van der Waals surface area contributed by atoms with Gasteiger partial charge >= 0.3 is 0 Å². The normalized spacial score (nSPS) is 10.8. The van der Waals surface area contributed by atoms with E-state index in [0.29, 0.717) is 0 Å². The molecule has 3 nitrogen and oxygen atoms in total. The van der Waals surface area contributed by atoms with Crippen molar-refractivity contribution in [3.63, 3.8) is 0 Å². The van der Waals surface area contributed by atoms with Crippen molar-refractivity contribution in [1.29, 1.82) is 0 Å². The van der Waals surface area contributed by atoms with E-state index in [2.05, 4.69) is 43.6 Å². The van der Waals surface area contributed by atoms with Gasteiger partial charge in [0, 0.05) is 25.4 Å². The molecular formula is C10H12BrN3. The van der Waals surface area contributed by atoms with Gasteiger partial charge in [-0.05, 0) is 28.1 Å². The van der Waals surface area contributed by atoms with Gasteiger partial charge in [-0.1, -0.05) is 6.92 Å². The first kappa shape index (κ1) is 9.52. The number of fused-ring (bicyclic) bond motifs is 1. The highest BCUT2D eigenvalue weighted by Crippen LogP contribution is 2.22. The highest BCUT2D eigenvalue weighted by atomic mass is 79.9. The molecule has 0 unspecified atom stereocenters. The van der Waals surface area contributed by atoms with Crippen LogP contribution >= 0.6 is 15.9 Å². The van der Waals surface area contributed by atoms with E-state index in [-0.39, 0.29) is 0 Å². The van der Waals surface area contributed by atoms with Gasteiger partial charge < -0.3 is 9.72 Å². The van der Waals surface area contributed by atoms with E-state index in [0.717, 1.165) is 28.1 Å². The van der Waals surface area contributed by atoms with Crippen LogP contribution in [0.5, 0.6) is 0 Å². The average molecular weight is 254 g/mol. The number of aromatic nitrogens is 2. The molecule has 2 heterocycles. The molecule has 0 aromatic carbocycles. The van der Waals surface area contributed by atoms with E-state index in [4.69, 9.17) is 0 Å². The fourth-order valence-corrected chi connectivity index (χ4v) is 2.02. The molecule has 0 amide bonds. The van der Waals surface area contributed by atoms with Crippen molar-refractivity contribution in [3.05, 3.63) is 28.8 Å². The lowest BCUT2D eigenvalue weighted by Crippen LogP contribution is -1.93. The monoisotopic (exact) mass is 253 g/mol. The van der Waals surface area contributed by atoms with Crippen molar-refractivity contribution in [2.45, 2.75) is 13.3 Å². The molecule has 2 aromatic rings. The molecule has 4 heteroatoms. The largest absolute Gasteiger partial charge is 0.388 e. The van der Waals surface area contributed by atoms with Crippen molar-refractivity contribution in [1.82, 2.24) is 9.38 Å². The van der Waals surface area contributed by atoms with Gasteiger partial charge in [-0.2, -0.15) is 0 Å². The SMILES string of the molecule is CCc1nc(Br)c2cc(NC)ccn12. The lowest BCUT2D eigenvalue weighted by molar-refractivity contribution is 0.931. The minimum atomic E-state index is 0.909. The Kier molecular flexibility index (Phi) is 2.46. The molecule has 74 valence electrons. The van der Waals surface area contributed by atoms with Gasteiger partial charge in [0.2, 0.25) is 0 Å². The third kappa shape index (κ3) is 1.39. The van der Waals surface area contributed by atoms with E-state index in [1.54, 1.807) is 0 Å². The molecule has 14 heavy (non-hydrogen) atoms. The molecule has 0 saturated carbocycles. The summed E-state index contributed by atoms with van der Waals surface area (Å²) in [5, 5.41) is 3.11. The highest BCUT2D eigenvalue weighted by Gasteiger charge is 2.07. The molecule has 0 saturated heterocycles. The standard InChI is InChI=1S/C10H12BrN3/c1-3-9-13-10(11)8-6-7(12-2)4-5-14(8)9/h4-6,12H,3H2,1-2H3. The smallest absolute Gasteiger partial charge is 0.132 e. The summed E-state index contributed by atoms with van der Waals surface area (Å²) in [5.74, 6) is 1.08. The summed E-state index contributed by atoms with van der Waals surface area (Å²) in [5.41, 5.74) is 2.20. The molecular weight excluding hydrogens is 242 g/mol. The number of rotatable bonds is 2. The second-order valence-electron chi connectivity index (χ2n) is 3.09. The Morgan fingerprint density at radius 3 is 3.00 bits per heavy atom. The van der Waals surface area contributed by atoms with Crippen molar-refractivity contribution in [3.8, 4) is 0 Å². The molecule has 0 aliphatic carbocycles. The number of pyridine rings is 1. The van der Waals surface area contributed by atoms with Crippen LogP contribution in [0.25, 0.3) is 5.52 Å². The van der Waals surface area contributed by atoms with Crippen LogP contribution < -0.4 is 5.32 Å². The highest BCUT2D eigenvalue weighted by molar-refractivity contribution is 9.10. The summed E-state index contributed by atoms with van der Waals surface area (Å²) in [6.45, 7) is 2.10. The van der Waals surface area contributed by atoms with Gasteiger partial charge in [-0.15, -0.1) is 0 Å². The van der Waals surface area contributed by atoms with Crippen LogP contribution in [0.15, 0.2) is 22.9 Å². The minimum absolute atomic E-state index is 0.909. The summed E-state index contributed by atoms with van der Waals surface area (Å²) < 4.78 is 3.01. The van der Waals surface area contributed by atoms with Gasteiger partial charge in [0.1, 0.15) is 10.4 Å². The Hall–Kier alpha value is -1.03. The van der Waals surface area contributed by atoms with E-state index in [1.165, 1.54) is 0 Å². The first-order valence-electron chi connectivity index (χ1n) is 4.60. The van der Waals surface area contributed by atoms with Crippen LogP contribution in [0.4, 0.5) is 5.69 Å². The zero-order chi connectivity index (χ0) is 10.1. The molecule has 2 rings (SSSR count). The number of nitrogens with zero attached hydrogens (tertiary/aromatic N) is 2. The molecule has 0 spiro atoms. The van der Waals surface area contributed by atoms with Gasteiger partial charge in [0.25, 0.3) is 0 Å². The second kappa shape index (κ2) is 3.61. The quantitative estimate of drug-likeness (QED) is 0.892. The van der Waals surface area contributed by atoms with Crippen molar-refractivity contribution in [2.75, 3.05) is 12.4 Å². The zero-order valence-electron chi connectivity index (χ0n) is 8.21. The summed E-state index contributed by atoms with van der Waals surface area (Å²) in [6.07, 6.45) is 2.98. The van der Waals surface area contributed by atoms with Gasteiger partial charge in [-0.3, -0.25) is 0 Å². The Morgan fingerprint density at radius 2 is 2.36 bits per heavy atom. The van der Waals surface area contributed by atoms with Crippen molar-refractivity contribution in [2.24, 2.45) is 0 Å². The predicted molar refractivity (Wildman–Crippen MR) is 61.8 cm³/mol. The Bertz CT molecular complexity index is 462. The molecule has 0 bridgehead atoms. The van der Waals surface area contributed by atoms with Crippen LogP contribution in [0.3, 0.4) is 0 Å². The molecule has 0 aliphatic rings. The number of anilines is 1. The number of hydrogen-bond donors (Lipinski definition) is 1. The van der Waals surface area contributed by atoms with E-state index in [1.807, 2.05) is 19.3 Å². The van der Waals surface area contributed by atoms with Crippen LogP contribution in [0, 0.1) is 0 Å². The lowest BCUT2D eigenvalue weighted by atomic mass is 10.3. The van der Waals surface area contributed by atoms with Gasteiger partial charge in [0.05, 0.1) is 5.52 Å². The number of imidazole rings is 1. The van der Waals surface area contributed by atoms with E-state index < -0.39 is 0 Å². The summed E-state index contributed by atoms with van der Waals surface area (Å²) in [6, 6.07) is 4.12. The Balaban J connectivity index is 2.70. The minimum Gasteiger partial charge on any atom is -0.388 e. The fourth-order valence-electron chi connectivity index (χ4n) is 1.51. The van der Waals surface area contributed by atoms with Gasteiger partial charge in [0.15, 0.2) is 0 Å². The van der Waals surface area contributed by atoms with Crippen LogP contribution in [0.1, 0.15) is 12.7 Å². The predicted octanol–water partition coefficient (Wildman–Crippen LogP) is 2.70.